The van der Waals surface area contributed by atoms with E-state index in [-0.39, 0.29) is 11.6 Å². The Morgan fingerprint density at radius 1 is 1.33 bits per heavy atom. The second-order valence-corrected chi connectivity index (χ2v) is 6.91. The van der Waals surface area contributed by atoms with Gasteiger partial charge in [0.05, 0.1) is 29.3 Å². The third-order valence-electron chi connectivity index (χ3n) is 5.53. The molecule has 0 N–H and O–H groups in total. The van der Waals surface area contributed by atoms with Gasteiger partial charge in [-0.2, -0.15) is 0 Å². The molecule has 2 aromatic heterocycles. The van der Waals surface area contributed by atoms with Crippen LogP contribution in [-0.2, 0) is 4.74 Å². The van der Waals surface area contributed by atoms with Gasteiger partial charge in [0, 0.05) is 12.2 Å². The molecule has 1 aliphatic carbocycles. The Labute approximate surface area is 141 Å². The molecular formula is C19H24N2O3. The van der Waals surface area contributed by atoms with E-state index in [0.29, 0.717) is 34.0 Å². The van der Waals surface area contributed by atoms with Crippen LogP contribution in [0.25, 0.3) is 10.9 Å². The predicted octanol–water partition coefficient (Wildman–Crippen LogP) is 3.49. The topological polar surface area (TPSA) is 61.2 Å². The Morgan fingerprint density at radius 2 is 2.08 bits per heavy atom. The highest BCUT2D eigenvalue weighted by Gasteiger charge is 2.29. The minimum atomic E-state index is -0.462. The molecule has 1 fully saturated rings. The molecule has 0 aliphatic heterocycles. The lowest BCUT2D eigenvalue weighted by Crippen LogP contribution is -2.33. The van der Waals surface area contributed by atoms with Gasteiger partial charge in [0.25, 0.3) is 5.56 Å². The normalized spacial score (nSPS) is 24.1. The van der Waals surface area contributed by atoms with Gasteiger partial charge in [-0.3, -0.25) is 9.78 Å². The molecule has 0 spiro atoms. The summed E-state index contributed by atoms with van der Waals surface area (Å²) in [5.41, 5.74) is 1.48. The Morgan fingerprint density at radius 3 is 2.79 bits per heavy atom. The molecule has 2 aromatic rings. The summed E-state index contributed by atoms with van der Waals surface area (Å²) >= 11 is 0. The van der Waals surface area contributed by atoms with Crippen LogP contribution >= 0.6 is 0 Å². The van der Waals surface area contributed by atoms with Gasteiger partial charge in [-0.15, -0.1) is 0 Å². The minimum absolute atomic E-state index is 0.0731. The van der Waals surface area contributed by atoms with E-state index in [1.165, 1.54) is 13.5 Å². The fourth-order valence-electron chi connectivity index (χ4n) is 3.80. The number of hydrogen-bond donors (Lipinski definition) is 0. The van der Waals surface area contributed by atoms with Crippen LogP contribution in [0, 0.1) is 18.8 Å². The number of nitrogens with zero attached hydrogens (tertiary/aromatic N) is 2. The van der Waals surface area contributed by atoms with Crippen molar-refractivity contribution in [1.29, 1.82) is 0 Å². The molecule has 0 bridgehead atoms. The Bertz CT molecular complexity index is 840. The number of pyridine rings is 2. The zero-order valence-electron chi connectivity index (χ0n) is 14.7. The molecule has 2 heterocycles. The van der Waals surface area contributed by atoms with Crippen LogP contribution in [0.5, 0.6) is 0 Å². The average molecular weight is 328 g/mol. The lowest BCUT2D eigenvalue weighted by atomic mass is 9.78. The van der Waals surface area contributed by atoms with E-state index < -0.39 is 5.97 Å². The molecule has 0 unspecified atom stereocenters. The summed E-state index contributed by atoms with van der Waals surface area (Å²) in [5.74, 6) is 0.594. The van der Waals surface area contributed by atoms with Crippen LogP contribution < -0.4 is 5.56 Å². The Balaban J connectivity index is 2.15. The molecule has 24 heavy (non-hydrogen) atoms. The third-order valence-corrected chi connectivity index (χ3v) is 5.53. The lowest BCUT2D eigenvalue weighted by Gasteiger charge is -2.35. The molecule has 0 saturated heterocycles. The van der Waals surface area contributed by atoms with Crippen LogP contribution in [0.2, 0.25) is 0 Å². The van der Waals surface area contributed by atoms with E-state index >= 15 is 0 Å². The zero-order chi connectivity index (χ0) is 17.4. The summed E-state index contributed by atoms with van der Waals surface area (Å²) in [6, 6.07) is 3.70. The van der Waals surface area contributed by atoms with Crippen LogP contribution in [0.15, 0.2) is 23.1 Å². The number of aromatic nitrogens is 2. The molecule has 5 heteroatoms. The molecule has 128 valence electrons. The third kappa shape index (κ3) is 2.72. The number of hydrogen-bond acceptors (Lipinski definition) is 4. The van der Waals surface area contributed by atoms with Crippen LogP contribution in [0.1, 0.15) is 55.2 Å². The van der Waals surface area contributed by atoms with Crippen molar-refractivity contribution < 1.29 is 9.53 Å². The largest absolute Gasteiger partial charge is 0.465 e. The molecule has 0 amide bonds. The monoisotopic (exact) mass is 328 g/mol. The maximum atomic E-state index is 13.0. The summed E-state index contributed by atoms with van der Waals surface area (Å²) < 4.78 is 6.63. The summed E-state index contributed by atoms with van der Waals surface area (Å²) in [4.78, 5) is 29.3. The number of methoxy groups -OCH3 is 1. The SMILES string of the molecule is COC(=O)c1cc2c(=O)n([C@@H]3CCC[C@H](C)[C@@H]3C)ccc2nc1C. The standard InChI is InChI=1S/C19H24N2O3/c1-11-6-5-7-17(12(11)2)21-9-8-16-15(18(21)22)10-14(13(3)20-16)19(23)24-4/h8-12,17H,5-7H2,1-4H3/t11-,12-,17+/m0/s1. The molecule has 0 radical (unpaired) electrons. The van der Waals surface area contributed by atoms with E-state index in [1.54, 1.807) is 13.0 Å². The molecule has 5 nitrogen and oxygen atoms in total. The lowest BCUT2D eigenvalue weighted by molar-refractivity contribution is 0.0599. The summed E-state index contributed by atoms with van der Waals surface area (Å²) in [5, 5.41) is 0.480. The van der Waals surface area contributed by atoms with Gasteiger partial charge in [-0.05, 0) is 37.3 Å². The maximum Gasteiger partial charge on any atom is 0.339 e. The van der Waals surface area contributed by atoms with Crippen molar-refractivity contribution in [1.82, 2.24) is 9.55 Å². The fraction of sp³-hybridized carbons (Fsp3) is 0.526. The second kappa shape index (κ2) is 6.38. The van der Waals surface area contributed by atoms with Crippen molar-refractivity contribution in [3.05, 3.63) is 39.9 Å². The highest BCUT2D eigenvalue weighted by Crippen LogP contribution is 2.37. The highest BCUT2D eigenvalue weighted by atomic mass is 16.5. The fourth-order valence-corrected chi connectivity index (χ4v) is 3.80. The van der Waals surface area contributed by atoms with E-state index in [1.807, 2.05) is 16.8 Å². The smallest absolute Gasteiger partial charge is 0.339 e. The number of carbonyl (C=O) groups excluding carboxylic acids is 1. The van der Waals surface area contributed by atoms with Crippen molar-refractivity contribution in [3.63, 3.8) is 0 Å². The van der Waals surface area contributed by atoms with Crippen LogP contribution in [0.3, 0.4) is 0 Å². The zero-order valence-corrected chi connectivity index (χ0v) is 14.7. The molecule has 1 saturated carbocycles. The van der Waals surface area contributed by atoms with E-state index in [2.05, 4.69) is 18.8 Å². The Kier molecular flexibility index (Phi) is 4.43. The average Bonchev–Trinajstić information content (AvgIpc) is 2.57. The molecule has 3 atom stereocenters. The number of esters is 1. The second-order valence-electron chi connectivity index (χ2n) is 6.91. The summed E-state index contributed by atoms with van der Waals surface area (Å²) in [6.45, 7) is 6.23. The van der Waals surface area contributed by atoms with Gasteiger partial charge in [0.2, 0.25) is 0 Å². The van der Waals surface area contributed by atoms with E-state index in [9.17, 15) is 9.59 Å². The van der Waals surface area contributed by atoms with Crippen LogP contribution in [-0.4, -0.2) is 22.6 Å². The molecular weight excluding hydrogens is 304 g/mol. The molecule has 1 aliphatic rings. The number of aryl methyl sites for hydroxylation is 1. The van der Waals surface area contributed by atoms with Gasteiger partial charge in [-0.25, -0.2) is 4.79 Å². The van der Waals surface area contributed by atoms with Crippen molar-refractivity contribution in [2.75, 3.05) is 7.11 Å². The predicted molar refractivity (Wildman–Crippen MR) is 93.3 cm³/mol. The van der Waals surface area contributed by atoms with Crippen molar-refractivity contribution in [2.24, 2.45) is 11.8 Å². The number of fused-ring (bicyclic) bond motifs is 1. The van der Waals surface area contributed by atoms with Crippen LogP contribution in [0.4, 0.5) is 0 Å². The van der Waals surface area contributed by atoms with Gasteiger partial charge in [0.15, 0.2) is 0 Å². The number of rotatable bonds is 2. The van der Waals surface area contributed by atoms with Gasteiger partial charge >= 0.3 is 5.97 Å². The maximum absolute atomic E-state index is 13.0. The van der Waals surface area contributed by atoms with Crippen molar-refractivity contribution in [2.45, 2.75) is 46.1 Å². The Hall–Kier alpha value is -2.17. The first kappa shape index (κ1) is 16.7. The minimum Gasteiger partial charge on any atom is -0.465 e. The van der Waals surface area contributed by atoms with Gasteiger partial charge < -0.3 is 9.30 Å². The molecule has 0 aromatic carbocycles. The summed E-state index contributed by atoms with van der Waals surface area (Å²) in [6.07, 6.45) is 5.22. The first-order valence-electron chi connectivity index (χ1n) is 8.55. The van der Waals surface area contributed by atoms with Crippen molar-refractivity contribution >= 4 is 16.9 Å². The number of carbonyl (C=O) groups is 1. The number of ether oxygens (including phenoxy) is 1. The first-order valence-corrected chi connectivity index (χ1v) is 8.55. The first-order chi connectivity index (χ1) is 11.4. The van der Waals surface area contributed by atoms with E-state index in [0.717, 1.165) is 12.8 Å². The highest BCUT2D eigenvalue weighted by molar-refractivity contribution is 5.94. The van der Waals surface area contributed by atoms with Gasteiger partial charge in [0.1, 0.15) is 0 Å². The summed E-state index contributed by atoms with van der Waals surface area (Å²) in [7, 11) is 1.33. The molecule has 3 rings (SSSR count). The van der Waals surface area contributed by atoms with Crippen molar-refractivity contribution in [3.8, 4) is 0 Å². The van der Waals surface area contributed by atoms with E-state index in [4.69, 9.17) is 4.74 Å². The van der Waals surface area contributed by atoms with Gasteiger partial charge in [-0.1, -0.05) is 26.7 Å². The quantitative estimate of drug-likeness (QED) is 0.792.